The maximum Gasteiger partial charge on any atom is 0.134 e. The van der Waals surface area contributed by atoms with E-state index in [1.165, 1.54) is 12.8 Å². The van der Waals surface area contributed by atoms with Crippen molar-refractivity contribution in [3.63, 3.8) is 0 Å². The molecule has 114 valence electrons. The first-order valence-corrected chi connectivity index (χ1v) is 8.68. The van der Waals surface area contributed by atoms with Crippen molar-refractivity contribution in [3.05, 3.63) is 23.8 Å². The summed E-state index contributed by atoms with van der Waals surface area (Å²) in [6.07, 6.45) is 12.9. The summed E-state index contributed by atoms with van der Waals surface area (Å²) in [5.41, 5.74) is 2.16. The number of Topliss-reactive ketones (excluding diaryl/α,β-unsaturated/α-hetero) is 1. The van der Waals surface area contributed by atoms with Gasteiger partial charge in [0.05, 0.1) is 0 Å². The van der Waals surface area contributed by atoms with Gasteiger partial charge in [-0.2, -0.15) is 0 Å². The van der Waals surface area contributed by atoms with Crippen molar-refractivity contribution in [1.82, 2.24) is 0 Å². The van der Waals surface area contributed by atoms with Gasteiger partial charge < -0.3 is 0 Å². The van der Waals surface area contributed by atoms with Crippen LogP contribution in [0.1, 0.15) is 59.8 Å². The minimum Gasteiger partial charge on any atom is -0.300 e. The predicted molar refractivity (Wildman–Crippen MR) is 85.8 cm³/mol. The summed E-state index contributed by atoms with van der Waals surface area (Å²) >= 11 is 0. The molecule has 1 heteroatoms. The zero-order chi connectivity index (χ0) is 15.0. The van der Waals surface area contributed by atoms with Crippen molar-refractivity contribution in [2.24, 2.45) is 34.0 Å². The van der Waals surface area contributed by atoms with Gasteiger partial charge in [0.15, 0.2) is 0 Å². The highest BCUT2D eigenvalue weighted by Crippen LogP contribution is 2.71. The Labute approximate surface area is 128 Å². The Kier molecular flexibility index (Phi) is 2.57. The highest BCUT2D eigenvalue weighted by molar-refractivity contribution is 5.81. The molecule has 0 spiro atoms. The molecular weight excluding hydrogens is 256 g/mol. The monoisotopic (exact) mass is 284 g/mol. The number of hydrogen-bond acceptors (Lipinski definition) is 1. The Morgan fingerprint density at radius 2 is 1.90 bits per heavy atom. The third-order valence-corrected chi connectivity index (χ3v) is 7.74. The molecule has 5 atom stereocenters. The van der Waals surface area contributed by atoms with Crippen LogP contribution < -0.4 is 0 Å². The fourth-order valence-electron chi connectivity index (χ4n) is 6.93. The highest BCUT2D eigenvalue weighted by Gasteiger charge is 2.65. The van der Waals surface area contributed by atoms with Crippen LogP contribution in [-0.4, -0.2) is 5.78 Å². The summed E-state index contributed by atoms with van der Waals surface area (Å²) in [7, 11) is 0. The SMILES string of the molecule is CC1=CC[C@@]23C=C[C@H]1[C@@H]2CC[C@H]1C(C)(C)CC(=O)C[C@@]13C. The van der Waals surface area contributed by atoms with Crippen molar-refractivity contribution in [3.8, 4) is 0 Å². The summed E-state index contributed by atoms with van der Waals surface area (Å²) in [6, 6.07) is 0. The van der Waals surface area contributed by atoms with E-state index in [1.807, 2.05) is 0 Å². The van der Waals surface area contributed by atoms with Gasteiger partial charge in [-0.1, -0.05) is 44.6 Å². The van der Waals surface area contributed by atoms with Gasteiger partial charge in [-0.25, -0.2) is 0 Å². The van der Waals surface area contributed by atoms with Gasteiger partial charge in [-0.15, -0.1) is 0 Å². The second kappa shape index (κ2) is 3.91. The van der Waals surface area contributed by atoms with Crippen molar-refractivity contribution < 1.29 is 4.79 Å². The molecule has 2 bridgehead atoms. The molecule has 21 heavy (non-hydrogen) atoms. The molecule has 0 unspecified atom stereocenters. The molecule has 4 aliphatic carbocycles. The first-order chi connectivity index (χ1) is 9.80. The van der Waals surface area contributed by atoms with E-state index in [0.717, 1.165) is 25.2 Å². The second-order valence-electron chi connectivity index (χ2n) is 9.11. The summed E-state index contributed by atoms with van der Waals surface area (Å²) in [5, 5.41) is 0. The second-order valence-corrected chi connectivity index (χ2v) is 9.11. The molecule has 1 nitrogen and oxygen atoms in total. The normalized spacial score (nSPS) is 50.4. The van der Waals surface area contributed by atoms with E-state index in [9.17, 15) is 4.79 Å². The van der Waals surface area contributed by atoms with E-state index in [2.05, 4.69) is 45.9 Å². The first-order valence-electron chi connectivity index (χ1n) is 8.68. The van der Waals surface area contributed by atoms with Crippen molar-refractivity contribution in [2.45, 2.75) is 59.8 Å². The van der Waals surface area contributed by atoms with Crippen LogP contribution in [0.3, 0.4) is 0 Å². The minimum atomic E-state index is 0.164. The van der Waals surface area contributed by atoms with Crippen molar-refractivity contribution in [2.75, 3.05) is 0 Å². The van der Waals surface area contributed by atoms with E-state index >= 15 is 0 Å². The predicted octanol–water partition coefficient (Wildman–Crippen LogP) is 4.93. The van der Waals surface area contributed by atoms with Crippen LogP contribution in [-0.2, 0) is 4.79 Å². The first kappa shape index (κ1) is 13.8. The summed E-state index contributed by atoms with van der Waals surface area (Å²) in [6.45, 7) is 9.42. The van der Waals surface area contributed by atoms with Crippen molar-refractivity contribution >= 4 is 5.78 Å². The van der Waals surface area contributed by atoms with Crippen LogP contribution in [0.4, 0.5) is 0 Å². The van der Waals surface area contributed by atoms with E-state index in [0.29, 0.717) is 17.6 Å². The van der Waals surface area contributed by atoms with Crippen molar-refractivity contribution in [1.29, 1.82) is 0 Å². The molecule has 0 aromatic heterocycles. The topological polar surface area (TPSA) is 17.1 Å². The fraction of sp³-hybridized carbons (Fsp3) is 0.750. The Hall–Kier alpha value is -0.850. The van der Waals surface area contributed by atoms with Crippen LogP contribution in [0.15, 0.2) is 23.8 Å². The van der Waals surface area contributed by atoms with Gasteiger partial charge in [-0.3, -0.25) is 4.79 Å². The standard InChI is InChI=1S/C20H28O/c1-13-7-9-20-10-8-15(13)16(20)5-6-17-18(2,3)11-14(21)12-19(17,20)4/h7-8,10,15-17H,5-6,9,11-12H2,1-4H3/t15-,16+,17+,19+,20-/m1/s1. The molecule has 0 amide bonds. The Morgan fingerprint density at radius 3 is 2.67 bits per heavy atom. The number of fused-ring (bicyclic) bond motifs is 1. The zero-order valence-electron chi connectivity index (χ0n) is 13.9. The van der Waals surface area contributed by atoms with E-state index < -0.39 is 0 Å². The van der Waals surface area contributed by atoms with Crippen LogP contribution in [0, 0.1) is 34.0 Å². The molecular formula is C20H28O. The quantitative estimate of drug-likeness (QED) is 0.576. The molecule has 0 heterocycles. The van der Waals surface area contributed by atoms with Crippen LogP contribution >= 0.6 is 0 Å². The lowest BCUT2D eigenvalue weighted by Crippen LogP contribution is -2.59. The molecule has 0 aromatic rings. The van der Waals surface area contributed by atoms with Gasteiger partial charge in [0.2, 0.25) is 0 Å². The number of allylic oxidation sites excluding steroid dienone is 4. The largest absolute Gasteiger partial charge is 0.300 e. The Bertz CT molecular complexity index is 566. The lowest BCUT2D eigenvalue weighted by atomic mass is 9.39. The molecule has 0 radical (unpaired) electrons. The van der Waals surface area contributed by atoms with Gasteiger partial charge in [-0.05, 0) is 48.9 Å². The Balaban J connectivity index is 1.86. The number of ketones is 1. The average Bonchev–Trinajstić information content (AvgIpc) is 2.66. The molecule has 2 fully saturated rings. The molecule has 0 N–H and O–H groups in total. The van der Waals surface area contributed by atoms with E-state index in [1.54, 1.807) is 5.57 Å². The molecule has 4 aliphatic rings. The minimum absolute atomic E-state index is 0.164. The van der Waals surface area contributed by atoms with Gasteiger partial charge in [0, 0.05) is 24.2 Å². The van der Waals surface area contributed by atoms with Crippen LogP contribution in [0.5, 0.6) is 0 Å². The lowest BCUT2D eigenvalue weighted by molar-refractivity contribution is -0.159. The van der Waals surface area contributed by atoms with Gasteiger partial charge >= 0.3 is 0 Å². The fourth-order valence-corrected chi connectivity index (χ4v) is 6.93. The Morgan fingerprint density at radius 1 is 1.14 bits per heavy atom. The zero-order valence-corrected chi connectivity index (χ0v) is 13.9. The number of carbonyl (C=O) groups excluding carboxylic acids is 1. The van der Waals surface area contributed by atoms with E-state index in [-0.39, 0.29) is 16.2 Å². The summed E-state index contributed by atoms with van der Waals surface area (Å²) in [4.78, 5) is 12.5. The number of rotatable bonds is 0. The van der Waals surface area contributed by atoms with Crippen LogP contribution in [0.25, 0.3) is 0 Å². The molecule has 2 saturated carbocycles. The van der Waals surface area contributed by atoms with E-state index in [4.69, 9.17) is 0 Å². The highest BCUT2D eigenvalue weighted by atomic mass is 16.1. The van der Waals surface area contributed by atoms with Gasteiger partial charge in [0.1, 0.15) is 5.78 Å². The average molecular weight is 284 g/mol. The maximum atomic E-state index is 12.5. The third kappa shape index (κ3) is 1.51. The summed E-state index contributed by atoms with van der Waals surface area (Å²) in [5.74, 6) is 2.59. The third-order valence-electron chi connectivity index (χ3n) is 7.74. The van der Waals surface area contributed by atoms with Gasteiger partial charge in [0.25, 0.3) is 0 Å². The molecule has 0 aromatic carbocycles. The molecule has 0 saturated heterocycles. The molecule has 4 rings (SSSR count). The molecule has 0 aliphatic heterocycles. The lowest BCUT2D eigenvalue weighted by Gasteiger charge is -2.64. The number of carbonyl (C=O) groups is 1. The smallest absolute Gasteiger partial charge is 0.134 e. The number of hydrogen-bond donors (Lipinski definition) is 0. The van der Waals surface area contributed by atoms with Crippen LogP contribution in [0.2, 0.25) is 0 Å². The summed E-state index contributed by atoms with van der Waals surface area (Å²) < 4.78 is 0. The maximum absolute atomic E-state index is 12.5.